The molecular weight excluding hydrogens is 388 g/mol. The fourth-order valence-corrected chi connectivity index (χ4v) is 3.48. The number of fused-ring (bicyclic) bond motifs is 1. The number of methoxy groups -OCH3 is 1. The number of thioether (sulfide) groups is 1. The molecule has 0 radical (unpaired) electrons. The fourth-order valence-electron chi connectivity index (χ4n) is 2.37. The molecule has 27 heavy (non-hydrogen) atoms. The zero-order chi connectivity index (χ0) is 20.2. The second-order valence-corrected chi connectivity index (χ2v) is 8.87. The lowest BCUT2D eigenvalue weighted by molar-refractivity contribution is -0.119. The summed E-state index contributed by atoms with van der Waals surface area (Å²) in [5.41, 5.74) is 1.24. The van der Waals surface area contributed by atoms with E-state index in [1.807, 2.05) is 31.4 Å². The molecule has 3 amide bonds. The van der Waals surface area contributed by atoms with Crippen LogP contribution in [0.5, 0.6) is 0 Å². The summed E-state index contributed by atoms with van der Waals surface area (Å²) in [7, 11) is 1.63. The van der Waals surface area contributed by atoms with Crippen molar-refractivity contribution >= 4 is 46.3 Å². The summed E-state index contributed by atoms with van der Waals surface area (Å²) in [6.45, 7) is 8.37. The van der Waals surface area contributed by atoms with Crippen LogP contribution in [-0.4, -0.2) is 46.0 Å². The van der Waals surface area contributed by atoms with Crippen LogP contribution in [0.3, 0.4) is 0 Å². The highest BCUT2D eigenvalue weighted by molar-refractivity contribution is 8.00. The van der Waals surface area contributed by atoms with Crippen LogP contribution in [0.2, 0.25) is 5.02 Å². The molecule has 0 saturated carbocycles. The van der Waals surface area contributed by atoms with E-state index in [1.54, 1.807) is 26.2 Å². The van der Waals surface area contributed by atoms with Gasteiger partial charge in [-0.3, -0.25) is 10.1 Å². The molecule has 0 aliphatic heterocycles. The van der Waals surface area contributed by atoms with Gasteiger partial charge in [0.2, 0.25) is 5.91 Å². The standard InChI is InChI=1S/C18H25ClN4O3S/c1-11(15(24)21-16(25)22-18(2,3)4)27-17-20-13-10-12(19)6-7-14(13)23(17)8-9-26-5/h6-7,10-11H,8-9H2,1-5H3,(H2,21,22,24,25). The number of imide groups is 1. The van der Waals surface area contributed by atoms with Crippen LogP contribution >= 0.6 is 23.4 Å². The van der Waals surface area contributed by atoms with Crippen LogP contribution in [0.4, 0.5) is 4.79 Å². The molecule has 0 aliphatic rings. The first-order chi connectivity index (χ1) is 12.6. The van der Waals surface area contributed by atoms with Crippen LogP contribution in [0.1, 0.15) is 27.7 Å². The van der Waals surface area contributed by atoms with Gasteiger partial charge in [0, 0.05) is 24.2 Å². The molecule has 2 aromatic rings. The highest BCUT2D eigenvalue weighted by atomic mass is 35.5. The number of hydrogen-bond acceptors (Lipinski definition) is 5. The molecule has 2 N–H and O–H groups in total. The first-order valence-electron chi connectivity index (χ1n) is 8.55. The van der Waals surface area contributed by atoms with Crippen molar-refractivity contribution < 1.29 is 14.3 Å². The van der Waals surface area contributed by atoms with Gasteiger partial charge < -0.3 is 14.6 Å². The highest BCUT2D eigenvalue weighted by Gasteiger charge is 2.22. The Bertz CT molecular complexity index is 832. The summed E-state index contributed by atoms with van der Waals surface area (Å²) >= 11 is 7.34. The van der Waals surface area contributed by atoms with E-state index in [9.17, 15) is 9.59 Å². The van der Waals surface area contributed by atoms with Gasteiger partial charge in [-0.05, 0) is 45.9 Å². The molecule has 1 unspecified atom stereocenters. The van der Waals surface area contributed by atoms with E-state index in [-0.39, 0.29) is 5.91 Å². The predicted octanol–water partition coefficient (Wildman–Crippen LogP) is 3.44. The first-order valence-corrected chi connectivity index (χ1v) is 9.81. The zero-order valence-electron chi connectivity index (χ0n) is 16.1. The molecular formula is C18H25ClN4O3S. The number of rotatable bonds is 6. The average molecular weight is 413 g/mol. The van der Waals surface area contributed by atoms with Crippen molar-refractivity contribution in [2.75, 3.05) is 13.7 Å². The number of amides is 3. The quantitative estimate of drug-likeness (QED) is 0.710. The van der Waals surface area contributed by atoms with Crippen molar-refractivity contribution in [3.63, 3.8) is 0 Å². The van der Waals surface area contributed by atoms with Crippen LogP contribution in [0.15, 0.2) is 23.4 Å². The number of halogens is 1. The number of nitrogens with zero attached hydrogens (tertiary/aromatic N) is 2. The van der Waals surface area contributed by atoms with Crippen LogP contribution in [0, 0.1) is 0 Å². The van der Waals surface area contributed by atoms with E-state index in [0.717, 1.165) is 11.0 Å². The van der Waals surface area contributed by atoms with Gasteiger partial charge in [-0.1, -0.05) is 23.4 Å². The molecule has 9 heteroatoms. The van der Waals surface area contributed by atoms with Crippen molar-refractivity contribution in [2.45, 2.75) is 50.2 Å². The lowest BCUT2D eigenvalue weighted by Crippen LogP contribution is -2.49. The minimum atomic E-state index is -0.514. The number of nitrogens with one attached hydrogen (secondary N) is 2. The van der Waals surface area contributed by atoms with Gasteiger partial charge in [0.25, 0.3) is 0 Å². The summed E-state index contributed by atoms with van der Waals surface area (Å²) in [6.07, 6.45) is 0. The summed E-state index contributed by atoms with van der Waals surface area (Å²) in [5.74, 6) is -0.384. The van der Waals surface area contributed by atoms with E-state index in [1.165, 1.54) is 11.8 Å². The lowest BCUT2D eigenvalue weighted by atomic mass is 10.1. The second-order valence-electron chi connectivity index (χ2n) is 7.13. The third kappa shape index (κ3) is 6.12. The van der Waals surface area contributed by atoms with E-state index in [0.29, 0.717) is 23.3 Å². The van der Waals surface area contributed by atoms with Gasteiger partial charge in [-0.15, -0.1) is 0 Å². The third-order valence-electron chi connectivity index (χ3n) is 3.57. The molecule has 0 saturated heterocycles. The third-order valence-corrected chi connectivity index (χ3v) is 4.90. The fraction of sp³-hybridized carbons (Fsp3) is 0.500. The van der Waals surface area contributed by atoms with Gasteiger partial charge in [0.05, 0.1) is 22.9 Å². The Morgan fingerprint density at radius 1 is 1.37 bits per heavy atom. The van der Waals surface area contributed by atoms with Crippen molar-refractivity contribution in [3.8, 4) is 0 Å². The van der Waals surface area contributed by atoms with Crippen LogP contribution in [0.25, 0.3) is 11.0 Å². The number of ether oxygens (including phenoxy) is 1. The smallest absolute Gasteiger partial charge is 0.321 e. The van der Waals surface area contributed by atoms with E-state index < -0.39 is 16.8 Å². The van der Waals surface area contributed by atoms with E-state index in [4.69, 9.17) is 16.3 Å². The number of imidazole rings is 1. The van der Waals surface area contributed by atoms with Crippen molar-refractivity contribution in [1.82, 2.24) is 20.2 Å². The minimum Gasteiger partial charge on any atom is -0.383 e. The van der Waals surface area contributed by atoms with Crippen molar-refractivity contribution in [1.29, 1.82) is 0 Å². The second kappa shape index (κ2) is 8.95. The number of aromatic nitrogens is 2. The maximum absolute atomic E-state index is 12.4. The minimum absolute atomic E-state index is 0.384. The number of benzene rings is 1. The van der Waals surface area contributed by atoms with Gasteiger partial charge in [0.1, 0.15) is 0 Å². The Balaban J connectivity index is 2.16. The highest BCUT2D eigenvalue weighted by Crippen LogP contribution is 2.28. The molecule has 1 aromatic carbocycles. The summed E-state index contributed by atoms with van der Waals surface area (Å²) < 4.78 is 7.16. The molecule has 1 heterocycles. The van der Waals surface area contributed by atoms with Gasteiger partial charge in [-0.25, -0.2) is 9.78 Å². The Labute approximate surface area is 168 Å². The van der Waals surface area contributed by atoms with Crippen molar-refractivity contribution in [2.24, 2.45) is 0 Å². The lowest BCUT2D eigenvalue weighted by Gasteiger charge is -2.21. The van der Waals surface area contributed by atoms with Crippen LogP contribution < -0.4 is 10.6 Å². The molecule has 0 spiro atoms. The van der Waals surface area contributed by atoms with Gasteiger partial charge in [0.15, 0.2) is 5.16 Å². The summed E-state index contributed by atoms with van der Waals surface area (Å²) in [4.78, 5) is 28.9. The first kappa shape index (κ1) is 21.5. The van der Waals surface area contributed by atoms with E-state index in [2.05, 4.69) is 15.6 Å². The van der Waals surface area contributed by atoms with Gasteiger partial charge >= 0.3 is 6.03 Å². The molecule has 0 aliphatic carbocycles. The molecule has 0 bridgehead atoms. The Kier molecular flexibility index (Phi) is 7.13. The molecule has 2 rings (SSSR count). The predicted molar refractivity (Wildman–Crippen MR) is 108 cm³/mol. The maximum Gasteiger partial charge on any atom is 0.321 e. The zero-order valence-corrected chi connectivity index (χ0v) is 17.7. The largest absolute Gasteiger partial charge is 0.383 e. The number of urea groups is 1. The Morgan fingerprint density at radius 2 is 2.07 bits per heavy atom. The average Bonchev–Trinajstić information content (AvgIpc) is 2.86. The number of carbonyl (C=O) groups is 2. The molecule has 7 nitrogen and oxygen atoms in total. The Morgan fingerprint density at radius 3 is 2.70 bits per heavy atom. The van der Waals surface area contributed by atoms with Crippen molar-refractivity contribution in [3.05, 3.63) is 23.2 Å². The summed E-state index contributed by atoms with van der Waals surface area (Å²) in [6, 6.07) is 4.97. The Hall–Kier alpha value is -1.77. The van der Waals surface area contributed by atoms with Gasteiger partial charge in [-0.2, -0.15) is 0 Å². The molecule has 1 atom stereocenters. The SMILES string of the molecule is COCCn1c(SC(C)C(=O)NC(=O)NC(C)(C)C)nc2cc(Cl)ccc21. The number of carbonyl (C=O) groups excluding carboxylic acids is 2. The van der Waals surface area contributed by atoms with Crippen LogP contribution in [-0.2, 0) is 16.1 Å². The normalized spacial score (nSPS) is 12.8. The summed E-state index contributed by atoms with van der Waals surface area (Å²) in [5, 5.41) is 5.83. The molecule has 148 valence electrons. The monoisotopic (exact) mass is 412 g/mol. The topological polar surface area (TPSA) is 85.2 Å². The molecule has 0 fully saturated rings. The molecule has 1 aromatic heterocycles. The number of hydrogen-bond donors (Lipinski definition) is 2. The maximum atomic E-state index is 12.4. The van der Waals surface area contributed by atoms with E-state index >= 15 is 0 Å².